The summed E-state index contributed by atoms with van der Waals surface area (Å²) in [5.74, 6) is -0.196. The molecule has 8 heteroatoms. The van der Waals surface area contributed by atoms with Gasteiger partial charge in [0.2, 0.25) is 15.0 Å². The number of nitrogens with zero attached hydrogens (tertiary/aromatic N) is 3. The topological polar surface area (TPSA) is 72.3 Å². The van der Waals surface area contributed by atoms with Gasteiger partial charge in [0.15, 0.2) is 0 Å². The summed E-state index contributed by atoms with van der Waals surface area (Å²) in [5, 5.41) is -0.0686. The van der Waals surface area contributed by atoms with Crippen LogP contribution in [0.2, 0.25) is 0 Å². The fraction of sp³-hybridized carbons (Fsp3) is 0.474. The Balaban J connectivity index is 1.90. The molecular weight excluding hydrogens is 369 g/mol. The molecule has 1 aliphatic heterocycles. The van der Waals surface area contributed by atoms with Crippen LogP contribution < -0.4 is 0 Å². The standard InChI is InChI=1S/C19H24FN3O3S/c1-14(24)15-7-5-9-22(11-15)13-17-10-21-19(27(2,25)26)23(17)12-16-6-3-4-8-18(16)20/h3-4,6,8,10,15H,5,7,9,11-13H2,1-2H3. The van der Waals surface area contributed by atoms with E-state index in [-0.39, 0.29) is 29.2 Å². The quantitative estimate of drug-likeness (QED) is 0.753. The summed E-state index contributed by atoms with van der Waals surface area (Å²) in [6.07, 6.45) is 4.44. The molecule has 1 saturated heterocycles. The number of Topliss-reactive ketones (excluding diaryl/α,β-unsaturated/α-hetero) is 1. The summed E-state index contributed by atoms with van der Waals surface area (Å²) in [6.45, 7) is 3.66. The van der Waals surface area contributed by atoms with Gasteiger partial charge in [0.25, 0.3) is 0 Å². The van der Waals surface area contributed by atoms with Gasteiger partial charge in [-0.2, -0.15) is 0 Å². The summed E-state index contributed by atoms with van der Waals surface area (Å²) in [7, 11) is -3.55. The summed E-state index contributed by atoms with van der Waals surface area (Å²) in [6, 6.07) is 6.31. The van der Waals surface area contributed by atoms with Crippen LogP contribution in [0.3, 0.4) is 0 Å². The second-order valence-electron chi connectivity index (χ2n) is 7.17. The van der Waals surface area contributed by atoms with Crippen LogP contribution in [0.25, 0.3) is 0 Å². The number of carbonyl (C=O) groups is 1. The van der Waals surface area contributed by atoms with Crippen molar-refractivity contribution in [1.82, 2.24) is 14.5 Å². The largest absolute Gasteiger partial charge is 0.313 e. The molecule has 3 rings (SSSR count). The molecule has 6 nitrogen and oxygen atoms in total. The predicted molar refractivity (Wildman–Crippen MR) is 99.5 cm³/mol. The van der Waals surface area contributed by atoms with Crippen molar-refractivity contribution in [3.05, 3.63) is 47.5 Å². The highest BCUT2D eigenvalue weighted by Gasteiger charge is 2.26. The van der Waals surface area contributed by atoms with Crippen LogP contribution in [-0.4, -0.2) is 48.0 Å². The third kappa shape index (κ3) is 4.62. The van der Waals surface area contributed by atoms with Crippen molar-refractivity contribution < 1.29 is 17.6 Å². The Bertz CT molecular complexity index is 939. The van der Waals surface area contributed by atoms with E-state index < -0.39 is 9.84 Å². The SMILES string of the molecule is CC(=O)C1CCCN(Cc2cnc(S(C)(=O)=O)n2Cc2ccccc2F)C1. The number of likely N-dealkylation sites (tertiary alicyclic amines) is 1. The first kappa shape index (κ1) is 19.7. The van der Waals surface area contributed by atoms with Crippen molar-refractivity contribution >= 4 is 15.6 Å². The van der Waals surface area contributed by atoms with Gasteiger partial charge in [-0.15, -0.1) is 0 Å². The van der Waals surface area contributed by atoms with Crippen LogP contribution in [0.15, 0.2) is 35.6 Å². The van der Waals surface area contributed by atoms with E-state index in [9.17, 15) is 17.6 Å². The minimum Gasteiger partial charge on any atom is -0.313 e. The second kappa shape index (κ2) is 7.90. The average Bonchev–Trinajstić information content (AvgIpc) is 3.00. The molecule has 0 N–H and O–H groups in total. The average molecular weight is 393 g/mol. The Morgan fingerprint density at radius 2 is 2.04 bits per heavy atom. The van der Waals surface area contributed by atoms with Crippen LogP contribution in [0.1, 0.15) is 31.0 Å². The smallest absolute Gasteiger partial charge is 0.227 e. The minimum atomic E-state index is -3.55. The zero-order valence-electron chi connectivity index (χ0n) is 15.6. The van der Waals surface area contributed by atoms with Crippen molar-refractivity contribution in [2.75, 3.05) is 19.3 Å². The number of piperidine rings is 1. The summed E-state index contributed by atoms with van der Waals surface area (Å²) in [4.78, 5) is 17.9. The van der Waals surface area contributed by atoms with Crippen LogP contribution in [-0.2, 0) is 27.7 Å². The van der Waals surface area contributed by atoms with E-state index >= 15 is 0 Å². The molecular formula is C19H24FN3O3S. The molecule has 1 fully saturated rings. The number of hydrogen-bond donors (Lipinski definition) is 0. The van der Waals surface area contributed by atoms with Crippen molar-refractivity contribution in [3.63, 3.8) is 0 Å². The van der Waals surface area contributed by atoms with Gasteiger partial charge in [0.05, 0.1) is 18.4 Å². The third-order valence-electron chi connectivity index (χ3n) is 4.99. The van der Waals surface area contributed by atoms with E-state index in [2.05, 4.69) is 9.88 Å². The maximum atomic E-state index is 14.1. The fourth-order valence-electron chi connectivity index (χ4n) is 3.54. The van der Waals surface area contributed by atoms with E-state index in [0.717, 1.165) is 25.6 Å². The molecule has 2 heterocycles. The van der Waals surface area contributed by atoms with Crippen molar-refractivity contribution in [1.29, 1.82) is 0 Å². The first-order valence-electron chi connectivity index (χ1n) is 8.96. The lowest BCUT2D eigenvalue weighted by molar-refractivity contribution is -0.122. The van der Waals surface area contributed by atoms with Gasteiger partial charge in [0, 0.05) is 30.8 Å². The lowest BCUT2D eigenvalue weighted by Crippen LogP contribution is -2.38. The number of hydrogen-bond acceptors (Lipinski definition) is 5. The Morgan fingerprint density at radius 1 is 1.30 bits per heavy atom. The number of aromatic nitrogens is 2. The normalized spacial score (nSPS) is 18.6. The van der Waals surface area contributed by atoms with E-state index in [1.165, 1.54) is 12.3 Å². The minimum absolute atomic E-state index is 0.0102. The van der Waals surface area contributed by atoms with Gasteiger partial charge in [0.1, 0.15) is 11.6 Å². The van der Waals surface area contributed by atoms with E-state index in [1.807, 2.05) is 0 Å². The van der Waals surface area contributed by atoms with E-state index in [1.54, 1.807) is 29.7 Å². The molecule has 27 heavy (non-hydrogen) atoms. The maximum Gasteiger partial charge on any atom is 0.227 e. The predicted octanol–water partition coefficient (Wildman–Crippen LogP) is 2.28. The third-order valence-corrected chi connectivity index (χ3v) is 5.97. The molecule has 0 spiro atoms. The van der Waals surface area contributed by atoms with Crippen molar-refractivity contribution in [2.24, 2.45) is 5.92 Å². The number of sulfone groups is 1. The molecule has 1 aromatic heterocycles. The van der Waals surface area contributed by atoms with Gasteiger partial charge in [-0.05, 0) is 32.4 Å². The second-order valence-corrected chi connectivity index (χ2v) is 9.08. The highest BCUT2D eigenvalue weighted by Crippen LogP contribution is 2.22. The zero-order valence-corrected chi connectivity index (χ0v) is 16.4. The fourth-order valence-corrected chi connectivity index (χ4v) is 4.37. The molecule has 0 saturated carbocycles. The van der Waals surface area contributed by atoms with Crippen LogP contribution in [0, 0.1) is 11.7 Å². The lowest BCUT2D eigenvalue weighted by atomic mass is 9.94. The van der Waals surface area contributed by atoms with Gasteiger partial charge in [-0.25, -0.2) is 17.8 Å². The van der Waals surface area contributed by atoms with Crippen LogP contribution >= 0.6 is 0 Å². The molecule has 0 radical (unpaired) electrons. The van der Waals surface area contributed by atoms with Crippen LogP contribution in [0.5, 0.6) is 0 Å². The Kier molecular flexibility index (Phi) is 5.76. The summed E-state index contributed by atoms with van der Waals surface area (Å²) < 4.78 is 40.0. The highest BCUT2D eigenvalue weighted by molar-refractivity contribution is 7.90. The first-order valence-corrected chi connectivity index (χ1v) is 10.9. The maximum absolute atomic E-state index is 14.1. The molecule has 0 aliphatic carbocycles. The van der Waals surface area contributed by atoms with Gasteiger partial charge >= 0.3 is 0 Å². The monoisotopic (exact) mass is 393 g/mol. The van der Waals surface area contributed by atoms with E-state index in [0.29, 0.717) is 24.3 Å². The molecule has 1 atom stereocenters. The highest BCUT2D eigenvalue weighted by atomic mass is 32.2. The Hall–Kier alpha value is -2.06. The van der Waals surface area contributed by atoms with E-state index in [4.69, 9.17) is 0 Å². The summed E-state index contributed by atoms with van der Waals surface area (Å²) >= 11 is 0. The van der Waals surface area contributed by atoms with Crippen molar-refractivity contribution in [2.45, 2.75) is 38.0 Å². The van der Waals surface area contributed by atoms with Gasteiger partial charge in [-0.3, -0.25) is 9.69 Å². The number of imidazole rings is 1. The molecule has 0 bridgehead atoms. The first-order chi connectivity index (χ1) is 12.8. The number of rotatable bonds is 6. The molecule has 0 amide bonds. The molecule has 1 aromatic carbocycles. The van der Waals surface area contributed by atoms with Crippen molar-refractivity contribution in [3.8, 4) is 0 Å². The van der Waals surface area contributed by atoms with Gasteiger partial charge in [-0.1, -0.05) is 18.2 Å². The van der Waals surface area contributed by atoms with Crippen LogP contribution in [0.4, 0.5) is 4.39 Å². The number of halogens is 1. The number of ketones is 1. The molecule has 2 aromatic rings. The van der Waals surface area contributed by atoms with Gasteiger partial charge < -0.3 is 4.57 Å². The summed E-state index contributed by atoms with van der Waals surface area (Å²) in [5.41, 5.74) is 1.10. The number of benzene rings is 1. The molecule has 146 valence electrons. The zero-order chi connectivity index (χ0) is 19.6. The molecule has 1 aliphatic rings. The number of carbonyl (C=O) groups excluding carboxylic acids is 1. The Morgan fingerprint density at radius 3 is 2.70 bits per heavy atom. The molecule has 1 unspecified atom stereocenters. The lowest BCUT2D eigenvalue weighted by Gasteiger charge is -2.31. The Labute approximate surface area is 158 Å².